The van der Waals surface area contributed by atoms with Crippen LogP contribution in [0, 0.1) is 6.92 Å². The van der Waals surface area contributed by atoms with Gasteiger partial charge in [0.2, 0.25) is 0 Å². The van der Waals surface area contributed by atoms with Crippen molar-refractivity contribution < 1.29 is 0 Å². The minimum absolute atomic E-state index is 0.0130. The summed E-state index contributed by atoms with van der Waals surface area (Å²) in [5, 5.41) is 9.14. The van der Waals surface area contributed by atoms with E-state index < -0.39 is 0 Å². The first kappa shape index (κ1) is 11.9. The lowest BCUT2D eigenvalue weighted by atomic mass is 9.95. The summed E-state index contributed by atoms with van der Waals surface area (Å²) in [6, 6.07) is 12.3. The van der Waals surface area contributed by atoms with Gasteiger partial charge in [-0.3, -0.25) is 4.40 Å². The molecule has 0 atom stereocenters. The van der Waals surface area contributed by atoms with Crippen molar-refractivity contribution in [3.8, 4) is 0 Å². The van der Waals surface area contributed by atoms with E-state index >= 15 is 0 Å². The number of halogens is 1. The molecule has 20 heavy (non-hydrogen) atoms. The van der Waals surface area contributed by atoms with Crippen LogP contribution in [0.2, 0.25) is 5.15 Å². The van der Waals surface area contributed by atoms with Gasteiger partial charge in [0, 0.05) is 6.07 Å². The Morgan fingerprint density at radius 2 is 1.90 bits per heavy atom. The summed E-state index contributed by atoms with van der Waals surface area (Å²) in [7, 11) is 0. The molecule has 1 aliphatic rings. The van der Waals surface area contributed by atoms with Crippen molar-refractivity contribution in [2.24, 2.45) is 0 Å². The summed E-state index contributed by atoms with van der Waals surface area (Å²) in [6.07, 6.45) is 2.19. The Morgan fingerprint density at radius 1 is 1.15 bits per heavy atom. The zero-order valence-corrected chi connectivity index (χ0v) is 11.8. The third-order valence-corrected chi connectivity index (χ3v) is 4.23. The molecule has 4 nitrogen and oxygen atoms in total. The van der Waals surface area contributed by atoms with Crippen LogP contribution in [0.5, 0.6) is 0 Å². The van der Waals surface area contributed by atoms with Crippen molar-refractivity contribution in [3.63, 3.8) is 0 Å². The topological polar surface area (TPSA) is 43.1 Å². The number of nitrogens with zero attached hydrogens (tertiary/aromatic N) is 4. The molecule has 1 aliphatic carbocycles. The molecule has 0 unspecified atom stereocenters. The van der Waals surface area contributed by atoms with Crippen LogP contribution in [0.15, 0.2) is 36.4 Å². The van der Waals surface area contributed by atoms with Crippen LogP contribution in [0.4, 0.5) is 0 Å². The van der Waals surface area contributed by atoms with Crippen LogP contribution in [0.1, 0.15) is 30.1 Å². The number of aryl methyl sites for hydroxylation is 1. The zero-order chi connectivity index (χ0) is 13.7. The van der Waals surface area contributed by atoms with Crippen LogP contribution in [-0.2, 0) is 5.41 Å². The predicted molar refractivity (Wildman–Crippen MR) is 77.0 cm³/mol. The standard InChI is InChI=1S/C15H13ClN4/c1-10-17-12(16)9-13-18-19-14(20(10)13)15(7-8-15)11-5-3-2-4-6-11/h2-6,9H,7-8H2,1H3. The lowest BCUT2D eigenvalue weighted by Gasteiger charge is -2.14. The van der Waals surface area contributed by atoms with E-state index in [0.717, 1.165) is 30.1 Å². The maximum absolute atomic E-state index is 5.99. The molecule has 0 saturated heterocycles. The molecule has 0 radical (unpaired) electrons. The van der Waals surface area contributed by atoms with E-state index in [4.69, 9.17) is 11.6 Å². The minimum atomic E-state index is -0.0130. The van der Waals surface area contributed by atoms with Crippen molar-refractivity contribution in [2.45, 2.75) is 25.2 Å². The Balaban J connectivity index is 1.96. The predicted octanol–water partition coefficient (Wildman–Crippen LogP) is 3.17. The highest BCUT2D eigenvalue weighted by molar-refractivity contribution is 6.29. The summed E-state index contributed by atoms with van der Waals surface area (Å²) in [4.78, 5) is 4.32. The first-order valence-electron chi connectivity index (χ1n) is 6.65. The van der Waals surface area contributed by atoms with Gasteiger partial charge in [-0.15, -0.1) is 10.2 Å². The molecule has 0 bridgehead atoms. The van der Waals surface area contributed by atoms with Crippen LogP contribution >= 0.6 is 11.6 Å². The fraction of sp³-hybridized carbons (Fsp3) is 0.267. The highest BCUT2D eigenvalue weighted by atomic mass is 35.5. The molecule has 1 aromatic carbocycles. The number of hydrogen-bond acceptors (Lipinski definition) is 3. The third-order valence-electron chi connectivity index (χ3n) is 4.03. The van der Waals surface area contributed by atoms with Crippen molar-refractivity contribution in [1.29, 1.82) is 0 Å². The Labute approximate surface area is 121 Å². The molecule has 0 N–H and O–H groups in total. The fourth-order valence-corrected chi connectivity index (χ4v) is 3.11. The van der Waals surface area contributed by atoms with Gasteiger partial charge >= 0.3 is 0 Å². The van der Waals surface area contributed by atoms with Crippen molar-refractivity contribution in [3.05, 3.63) is 58.8 Å². The van der Waals surface area contributed by atoms with Crippen molar-refractivity contribution in [2.75, 3.05) is 0 Å². The molecule has 2 aromatic heterocycles. The lowest BCUT2D eigenvalue weighted by Crippen LogP contribution is -2.15. The largest absolute Gasteiger partial charge is 0.266 e. The number of fused-ring (bicyclic) bond motifs is 1. The summed E-state index contributed by atoms with van der Waals surface area (Å²) < 4.78 is 2.02. The molecule has 1 fully saturated rings. The first-order valence-corrected chi connectivity index (χ1v) is 7.03. The Hall–Kier alpha value is -1.94. The van der Waals surface area contributed by atoms with Gasteiger partial charge in [-0.1, -0.05) is 41.9 Å². The van der Waals surface area contributed by atoms with E-state index in [0.29, 0.717) is 5.15 Å². The van der Waals surface area contributed by atoms with Gasteiger partial charge in [0.25, 0.3) is 0 Å². The second kappa shape index (κ2) is 4.03. The Bertz CT molecular complexity index is 790. The molecule has 0 amide bonds. The number of aromatic nitrogens is 4. The molecule has 1 saturated carbocycles. The molecular weight excluding hydrogens is 272 g/mol. The molecule has 0 aliphatic heterocycles. The van der Waals surface area contributed by atoms with E-state index in [1.165, 1.54) is 5.56 Å². The van der Waals surface area contributed by atoms with E-state index in [1.807, 2.05) is 17.4 Å². The maximum Gasteiger partial charge on any atom is 0.165 e. The fourth-order valence-electron chi connectivity index (χ4n) is 2.89. The third kappa shape index (κ3) is 1.58. The van der Waals surface area contributed by atoms with Crippen LogP contribution in [0.3, 0.4) is 0 Å². The second-order valence-electron chi connectivity index (χ2n) is 5.29. The molecule has 0 spiro atoms. The van der Waals surface area contributed by atoms with Crippen LogP contribution < -0.4 is 0 Å². The molecule has 5 heteroatoms. The van der Waals surface area contributed by atoms with Gasteiger partial charge in [0.15, 0.2) is 5.65 Å². The molecular formula is C15H13ClN4. The summed E-state index contributed by atoms with van der Waals surface area (Å²) in [5.74, 6) is 1.80. The van der Waals surface area contributed by atoms with E-state index in [-0.39, 0.29) is 5.41 Å². The monoisotopic (exact) mass is 284 g/mol. The highest BCUT2D eigenvalue weighted by Crippen LogP contribution is 2.52. The maximum atomic E-state index is 5.99. The highest BCUT2D eigenvalue weighted by Gasteiger charge is 2.49. The van der Waals surface area contributed by atoms with Gasteiger partial charge in [-0.25, -0.2) is 4.98 Å². The number of rotatable bonds is 2. The molecule has 4 rings (SSSR count). The number of benzene rings is 1. The Morgan fingerprint density at radius 3 is 2.60 bits per heavy atom. The molecule has 2 heterocycles. The van der Waals surface area contributed by atoms with Gasteiger partial charge < -0.3 is 0 Å². The quantitative estimate of drug-likeness (QED) is 0.679. The zero-order valence-electron chi connectivity index (χ0n) is 11.0. The molecule has 100 valence electrons. The summed E-state index contributed by atoms with van der Waals surface area (Å²) in [5.41, 5.74) is 2.05. The van der Waals surface area contributed by atoms with E-state index in [2.05, 4.69) is 39.4 Å². The summed E-state index contributed by atoms with van der Waals surface area (Å²) >= 11 is 5.99. The SMILES string of the molecule is Cc1nc(Cl)cc2nnc(C3(c4ccccc4)CC3)n12. The van der Waals surface area contributed by atoms with Crippen molar-refractivity contribution >= 4 is 17.2 Å². The Kier molecular flexibility index (Phi) is 2.39. The second-order valence-corrected chi connectivity index (χ2v) is 5.68. The van der Waals surface area contributed by atoms with E-state index in [1.54, 1.807) is 6.07 Å². The lowest BCUT2D eigenvalue weighted by molar-refractivity contribution is 0.726. The number of hydrogen-bond donors (Lipinski definition) is 0. The van der Waals surface area contributed by atoms with Crippen LogP contribution in [-0.4, -0.2) is 19.6 Å². The average Bonchev–Trinajstić information content (AvgIpc) is 3.14. The van der Waals surface area contributed by atoms with Gasteiger partial charge in [0.05, 0.1) is 5.41 Å². The van der Waals surface area contributed by atoms with Gasteiger partial charge in [0.1, 0.15) is 16.8 Å². The van der Waals surface area contributed by atoms with Gasteiger partial charge in [-0.05, 0) is 25.3 Å². The minimum Gasteiger partial charge on any atom is -0.266 e. The summed E-state index contributed by atoms with van der Waals surface area (Å²) in [6.45, 7) is 1.94. The molecule has 3 aromatic rings. The van der Waals surface area contributed by atoms with Gasteiger partial charge in [-0.2, -0.15) is 0 Å². The van der Waals surface area contributed by atoms with Crippen LogP contribution in [0.25, 0.3) is 5.65 Å². The first-order chi connectivity index (χ1) is 9.71. The van der Waals surface area contributed by atoms with E-state index in [9.17, 15) is 0 Å². The van der Waals surface area contributed by atoms with Crippen molar-refractivity contribution in [1.82, 2.24) is 19.6 Å². The normalized spacial score (nSPS) is 16.5. The smallest absolute Gasteiger partial charge is 0.165 e. The average molecular weight is 285 g/mol.